The monoisotopic (exact) mass is 436 g/mol. The van der Waals surface area contributed by atoms with Crippen molar-refractivity contribution in [2.75, 3.05) is 51.3 Å². The second-order valence-electron chi connectivity index (χ2n) is 8.36. The SMILES string of the molecule is CCOC(=O)N1CCC(CN2CCC3(CC2)OC(=O)N(C)c2nc(Cl)ccc23)CC1. The highest BCUT2D eigenvalue weighted by atomic mass is 35.5. The van der Waals surface area contributed by atoms with Crippen LogP contribution in [0.5, 0.6) is 0 Å². The Bertz CT molecular complexity index is 804. The molecule has 2 saturated heterocycles. The van der Waals surface area contributed by atoms with Crippen molar-refractivity contribution in [3.63, 3.8) is 0 Å². The molecule has 9 heteroatoms. The summed E-state index contributed by atoms with van der Waals surface area (Å²) >= 11 is 6.07. The Labute approximate surface area is 182 Å². The van der Waals surface area contributed by atoms with Crippen molar-refractivity contribution in [1.82, 2.24) is 14.8 Å². The van der Waals surface area contributed by atoms with Crippen LogP contribution in [0, 0.1) is 5.92 Å². The first-order chi connectivity index (χ1) is 14.4. The maximum Gasteiger partial charge on any atom is 0.416 e. The van der Waals surface area contributed by atoms with Crippen molar-refractivity contribution in [3.05, 3.63) is 22.8 Å². The third kappa shape index (κ3) is 4.07. The Hall–Kier alpha value is -2.06. The van der Waals surface area contributed by atoms with Gasteiger partial charge in [0.05, 0.1) is 6.61 Å². The molecular weight excluding hydrogens is 408 g/mol. The van der Waals surface area contributed by atoms with Gasteiger partial charge in [-0.1, -0.05) is 11.6 Å². The fourth-order valence-corrected chi connectivity index (χ4v) is 4.90. The number of pyridine rings is 1. The van der Waals surface area contributed by atoms with Crippen molar-refractivity contribution >= 4 is 29.6 Å². The van der Waals surface area contributed by atoms with Gasteiger partial charge in [0.2, 0.25) is 0 Å². The number of ether oxygens (including phenoxy) is 2. The summed E-state index contributed by atoms with van der Waals surface area (Å²) in [5.74, 6) is 1.16. The molecule has 0 unspecified atom stereocenters. The molecule has 4 heterocycles. The minimum absolute atomic E-state index is 0.202. The Morgan fingerprint density at radius 2 is 1.97 bits per heavy atom. The largest absolute Gasteiger partial charge is 0.450 e. The highest BCUT2D eigenvalue weighted by molar-refractivity contribution is 6.29. The molecule has 164 valence electrons. The highest BCUT2D eigenvalue weighted by Gasteiger charge is 2.47. The van der Waals surface area contributed by atoms with Gasteiger partial charge in [-0.15, -0.1) is 0 Å². The molecule has 0 aromatic carbocycles. The number of carbonyl (C=O) groups is 2. The van der Waals surface area contributed by atoms with Crippen molar-refractivity contribution < 1.29 is 19.1 Å². The van der Waals surface area contributed by atoms with Crippen LogP contribution in [0.15, 0.2) is 12.1 Å². The normalized spacial score (nSPS) is 22.0. The highest BCUT2D eigenvalue weighted by Crippen LogP contribution is 2.45. The van der Waals surface area contributed by atoms with Gasteiger partial charge in [-0.05, 0) is 37.8 Å². The number of carbonyl (C=O) groups excluding carboxylic acids is 2. The lowest BCUT2D eigenvalue weighted by molar-refractivity contribution is -0.0452. The lowest BCUT2D eigenvalue weighted by atomic mass is 9.82. The zero-order valence-electron chi connectivity index (χ0n) is 17.6. The molecule has 0 N–H and O–H groups in total. The Morgan fingerprint density at radius 3 is 2.63 bits per heavy atom. The quantitative estimate of drug-likeness (QED) is 0.675. The molecule has 8 nitrogen and oxygen atoms in total. The van der Waals surface area contributed by atoms with Crippen LogP contribution in [0.1, 0.15) is 38.2 Å². The number of amides is 2. The molecule has 0 saturated carbocycles. The molecule has 1 spiro atoms. The molecule has 3 aliphatic heterocycles. The number of hydrogen-bond acceptors (Lipinski definition) is 6. The Kier molecular flexibility index (Phi) is 6.06. The number of nitrogens with zero attached hydrogens (tertiary/aromatic N) is 4. The average molecular weight is 437 g/mol. The van der Waals surface area contributed by atoms with E-state index in [1.807, 2.05) is 13.0 Å². The molecule has 0 aliphatic carbocycles. The van der Waals surface area contributed by atoms with Gasteiger partial charge in [-0.3, -0.25) is 4.90 Å². The first-order valence-electron chi connectivity index (χ1n) is 10.7. The lowest BCUT2D eigenvalue weighted by Crippen LogP contribution is -2.52. The summed E-state index contributed by atoms with van der Waals surface area (Å²) in [5.41, 5.74) is 0.316. The van der Waals surface area contributed by atoms with E-state index in [2.05, 4.69) is 9.88 Å². The fraction of sp³-hybridized carbons (Fsp3) is 0.667. The zero-order valence-corrected chi connectivity index (χ0v) is 18.4. The molecule has 1 aromatic heterocycles. The number of rotatable bonds is 3. The molecule has 1 aromatic rings. The van der Waals surface area contributed by atoms with Gasteiger partial charge in [0.15, 0.2) is 0 Å². The zero-order chi connectivity index (χ0) is 21.3. The minimum atomic E-state index is -0.625. The fourth-order valence-electron chi connectivity index (χ4n) is 4.76. The molecule has 4 rings (SSSR count). The summed E-state index contributed by atoms with van der Waals surface area (Å²) in [6.07, 6.45) is 2.89. The average Bonchev–Trinajstić information content (AvgIpc) is 2.74. The summed E-state index contributed by atoms with van der Waals surface area (Å²) in [4.78, 5) is 34.4. The molecule has 3 aliphatic rings. The summed E-state index contributed by atoms with van der Waals surface area (Å²) in [5, 5.41) is 0.372. The van der Waals surface area contributed by atoms with E-state index in [0.717, 1.165) is 64.0 Å². The van der Waals surface area contributed by atoms with Crippen LogP contribution in [0.4, 0.5) is 15.4 Å². The van der Waals surface area contributed by atoms with Gasteiger partial charge >= 0.3 is 12.2 Å². The van der Waals surface area contributed by atoms with Gasteiger partial charge in [-0.2, -0.15) is 0 Å². The van der Waals surface area contributed by atoms with E-state index in [1.165, 1.54) is 4.90 Å². The molecule has 30 heavy (non-hydrogen) atoms. The molecule has 2 amide bonds. The smallest absolute Gasteiger partial charge is 0.416 e. The first kappa shape index (κ1) is 21.2. The van der Waals surface area contributed by atoms with E-state index in [9.17, 15) is 9.59 Å². The number of likely N-dealkylation sites (tertiary alicyclic amines) is 2. The summed E-state index contributed by atoms with van der Waals surface area (Å²) < 4.78 is 11.0. The molecule has 0 atom stereocenters. The van der Waals surface area contributed by atoms with Crippen molar-refractivity contribution in [1.29, 1.82) is 0 Å². The van der Waals surface area contributed by atoms with Crippen molar-refractivity contribution in [2.24, 2.45) is 5.92 Å². The predicted molar refractivity (Wildman–Crippen MR) is 113 cm³/mol. The van der Waals surface area contributed by atoms with Crippen LogP contribution >= 0.6 is 11.6 Å². The van der Waals surface area contributed by atoms with E-state index < -0.39 is 5.60 Å². The molecular formula is C21H29ClN4O4. The summed E-state index contributed by atoms with van der Waals surface area (Å²) in [6.45, 7) is 6.48. The third-order valence-corrected chi connectivity index (χ3v) is 6.74. The standard InChI is InChI=1S/C21H29ClN4O4/c1-3-29-20(28)26-10-6-15(7-11-26)14-25-12-8-21(9-13-25)16-4-5-17(22)23-18(16)24(2)19(27)30-21/h4-5,15H,3,6-14H2,1-2H3. The van der Waals surface area contributed by atoms with E-state index in [-0.39, 0.29) is 12.2 Å². The Balaban J connectivity index is 1.35. The van der Waals surface area contributed by atoms with Gasteiger partial charge in [0, 0.05) is 58.2 Å². The number of hydrogen-bond donors (Lipinski definition) is 0. The van der Waals surface area contributed by atoms with Crippen molar-refractivity contribution in [3.8, 4) is 0 Å². The number of anilines is 1. The van der Waals surface area contributed by atoms with Crippen LogP contribution in [0.25, 0.3) is 0 Å². The van der Waals surface area contributed by atoms with Gasteiger partial charge < -0.3 is 19.3 Å². The number of piperidine rings is 2. The summed E-state index contributed by atoms with van der Waals surface area (Å²) in [7, 11) is 1.66. The van der Waals surface area contributed by atoms with E-state index in [4.69, 9.17) is 21.1 Å². The second kappa shape index (κ2) is 8.59. The molecule has 0 bridgehead atoms. The predicted octanol–water partition coefficient (Wildman–Crippen LogP) is 3.48. The van der Waals surface area contributed by atoms with Crippen molar-refractivity contribution in [2.45, 2.75) is 38.2 Å². The first-order valence-corrected chi connectivity index (χ1v) is 11.1. The lowest BCUT2D eigenvalue weighted by Gasteiger charge is -2.46. The van der Waals surface area contributed by atoms with Crippen LogP contribution in [0.2, 0.25) is 5.15 Å². The number of halogens is 1. The Morgan fingerprint density at radius 1 is 1.27 bits per heavy atom. The van der Waals surface area contributed by atoms with Gasteiger partial charge in [0.1, 0.15) is 16.6 Å². The van der Waals surface area contributed by atoms with Crippen LogP contribution in [-0.2, 0) is 15.1 Å². The van der Waals surface area contributed by atoms with Crippen LogP contribution < -0.4 is 4.90 Å². The van der Waals surface area contributed by atoms with E-state index >= 15 is 0 Å². The van der Waals surface area contributed by atoms with Crippen LogP contribution in [0.3, 0.4) is 0 Å². The molecule has 0 radical (unpaired) electrons. The summed E-state index contributed by atoms with van der Waals surface area (Å²) in [6, 6.07) is 3.70. The number of fused-ring (bicyclic) bond motifs is 2. The van der Waals surface area contributed by atoms with Gasteiger partial charge in [0.25, 0.3) is 0 Å². The van der Waals surface area contributed by atoms with E-state index in [1.54, 1.807) is 18.0 Å². The second-order valence-corrected chi connectivity index (χ2v) is 8.74. The third-order valence-electron chi connectivity index (χ3n) is 6.53. The van der Waals surface area contributed by atoms with Gasteiger partial charge in [-0.25, -0.2) is 14.6 Å². The maximum atomic E-state index is 12.4. The molecule has 2 fully saturated rings. The number of aromatic nitrogens is 1. The minimum Gasteiger partial charge on any atom is -0.450 e. The maximum absolute atomic E-state index is 12.4. The van der Waals surface area contributed by atoms with E-state index in [0.29, 0.717) is 23.5 Å². The topological polar surface area (TPSA) is 75.2 Å². The van der Waals surface area contributed by atoms with Crippen LogP contribution in [-0.4, -0.2) is 73.3 Å².